The van der Waals surface area contributed by atoms with E-state index in [1.54, 1.807) is 29.9 Å². The third-order valence-corrected chi connectivity index (χ3v) is 5.16. The van der Waals surface area contributed by atoms with Crippen LogP contribution in [0.1, 0.15) is 18.5 Å². The topological polar surface area (TPSA) is 87.3 Å². The Labute approximate surface area is 160 Å². The number of para-hydroxylation sites is 1. The van der Waals surface area contributed by atoms with E-state index in [1.165, 1.54) is 23.9 Å². The first-order valence-corrected chi connectivity index (χ1v) is 9.36. The molecule has 7 nitrogen and oxygen atoms in total. The Morgan fingerprint density at radius 3 is 2.59 bits per heavy atom. The molecule has 1 unspecified atom stereocenters. The number of nitrogens with zero attached hydrogens (tertiary/aromatic N) is 3. The molecule has 0 saturated carbocycles. The van der Waals surface area contributed by atoms with E-state index in [9.17, 15) is 14.9 Å². The van der Waals surface area contributed by atoms with Crippen molar-refractivity contribution in [1.82, 2.24) is 9.55 Å². The molecule has 0 bridgehead atoms. The molecule has 0 N–H and O–H groups in total. The van der Waals surface area contributed by atoms with Crippen LogP contribution in [0.4, 0.5) is 5.69 Å². The Hall–Kier alpha value is -2.71. The molecule has 27 heavy (non-hydrogen) atoms. The molecule has 1 heterocycles. The van der Waals surface area contributed by atoms with Gasteiger partial charge < -0.3 is 4.74 Å². The molecule has 0 aliphatic carbocycles. The number of benzene rings is 2. The van der Waals surface area contributed by atoms with Crippen LogP contribution in [0.25, 0.3) is 10.9 Å². The number of hydrogen-bond donors (Lipinski definition) is 0. The third-order valence-electron chi connectivity index (χ3n) is 4.14. The summed E-state index contributed by atoms with van der Waals surface area (Å²) in [6, 6.07) is 13.5. The van der Waals surface area contributed by atoms with Crippen molar-refractivity contribution in [2.75, 3.05) is 13.7 Å². The van der Waals surface area contributed by atoms with Gasteiger partial charge in [-0.15, -0.1) is 0 Å². The van der Waals surface area contributed by atoms with E-state index in [0.29, 0.717) is 28.4 Å². The van der Waals surface area contributed by atoms with Gasteiger partial charge in [0.15, 0.2) is 5.16 Å². The SMILES string of the molecule is COCC(C)n1c(SCc2ccc([N+](=O)[O-])cc2)nc2ccccc2c1=O. The summed E-state index contributed by atoms with van der Waals surface area (Å²) in [5.74, 6) is 0.544. The third kappa shape index (κ3) is 4.17. The number of fused-ring (bicyclic) bond motifs is 1. The highest BCUT2D eigenvalue weighted by atomic mass is 32.2. The van der Waals surface area contributed by atoms with Gasteiger partial charge in [0.1, 0.15) is 0 Å². The summed E-state index contributed by atoms with van der Waals surface area (Å²) < 4.78 is 6.87. The van der Waals surface area contributed by atoms with Gasteiger partial charge in [0, 0.05) is 25.0 Å². The second-order valence-electron chi connectivity index (χ2n) is 6.10. The second-order valence-corrected chi connectivity index (χ2v) is 7.05. The summed E-state index contributed by atoms with van der Waals surface area (Å²) >= 11 is 1.42. The van der Waals surface area contributed by atoms with Crippen molar-refractivity contribution in [1.29, 1.82) is 0 Å². The minimum Gasteiger partial charge on any atom is -0.383 e. The van der Waals surface area contributed by atoms with Crippen LogP contribution in [0.5, 0.6) is 0 Å². The molecule has 0 aliphatic heterocycles. The van der Waals surface area contributed by atoms with Gasteiger partial charge >= 0.3 is 0 Å². The van der Waals surface area contributed by atoms with Gasteiger partial charge in [-0.05, 0) is 24.6 Å². The van der Waals surface area contributed by atoms with E-state index in [1.807, 2.05) is 25.1 Å². The Morgan fingerprint density at radius 1 is 1.22 bits per heavy atom. The van der Waals surface area contributed by atoms with Crippen molar-refractivity contribution in [3.63, 3.8) is 0 Å². The normalized spacial score (nSPS) is 12.2. The predicted octanol–water partition coefficient (Wildman–Crippen LogP) is 3.80. The second kappa shape index (κ2) is 8.32. The number of methoxy groups -OCH3 is 1. The fourth-order valence-electron chi connectivity index (χ4n) is 2.79. The van der Waals surface area contributed by atoms with Crippen molar-refractivity contribution in [2.45, 2.75) is 23.9 Å². The van der Waals surface area contributed by atoms with Gasteiger partial charge in [-0.3, -0.25) is 19.5 Å². The standard InChI is InChI=1S/C19H19N3O4S/c1-13(11-26-2)21-18(23)16-5-3-4-6-17(16)20-19(21)27-12-14-7-9-15(10-8-14)22(24)25/h3-10,13H,11-12H2,1-2H3. The largest absolute Gasteiger partial charge is 0.383 e. The Morgan fingerprint density at radius 2 is 1.93 bits per heavy atom. The van der Waals surface area contributed by atoms with Crippen molar-refractivity contribution in [3.8, 4) is 0 Å². The van der Waals surface area contributed by atoms with E-state index in [0.717, 1.165) is 5.56 Å². The number of ether oxygens (including phenoxy) is 1. The molecule has 3 rings (SSSR count). The maximum atomic E-state index is 13.0. The summed E-state index contributed by atoms with van der Waals surface area (Å²) in [4.78, 5) is 28.0. The highest BCUT2D eigenvalue weighted by Gasteiger charge is 2.16. The van der Waals surface area contributed by atoms with E-state index in [-0.39, 0.29) is 17.3 Å². The van der Waals surface area contributed by atoms with Crippen LogP contribution < -0.4 is 5.56 Å². The lowest BCUT2D eigenvalue weighted by molar-refractivity contribution is -0.384. The summed E-state index contributed by atoms with van der Waals surface area (Å²) in [7, 11) is 1.60. The van der Waals surface area contributed by atoms with Gasteiger partial charge in [0.2, 0.25) is 0 Å². The predicted molar refractivity (Wildman–Crippen MR) is 105 cm³/mol. The smallest absolute Gasteiger partial charge is 0.269 e. The Kier molecular flexibility index (Phi) is 5.88. The Bertz CT molecular complexity index is 1020. The molecule has 2 aromatic carbocycles. The number of nitro groups is 1. The summed E-state index contributed by atoms with van der Waals surface area (Å²) in [6.07, 6.45) is 0. The van der Waals surface area contributed by atoms with Crippen LogP contribution in [0.15, 0.2) is 58.5 Å². The van der Waals surface area contributed by atoms with Crippen LogP contribution >= 0.6 is 11.8 Å². The van der Waals surface area contributed by atoms with Gasteiger partial charge in [-0.25, -0.2) is 4.98 Å². The quantitative estimate of drug-likeness (QED) is 0.266. The number of nitro benzene ring substituents is 1. The van der Waals surface area contributed by atoms with E-state index in [4.69, 9.17) is 4.74 Å². The fraction of sp³-hybridized carbons (Fsp3) is 0.263. The first-order valence-electron chi connectivity index (χ1n) is 8.37. The summed E-state index contributed by atoms with van der Waals surface area (Å²) in [5.41, 5.74) is 1.52. The van der Waals surface area contributed by atoms with E-state index < -0.39 is 4.92 Å². The molecule has 1 aromatic heterocycles. The molecular weight excluding hydrogens is 366 g/mol. The average Bonchev–Trinajstić information content (AvgIpc) is 2.67. The zero-order valence-electron chi connectivity index (χ0n) is 15.0. The zero-order valence-corrected chi connectivity index (χ0v) is 15.8. The molecule has 0 spiro atoms. The van der Waals surface area contributed by atoms with Crippen LogP contribution in [0, 0.1) is 10.1 Å². The monoisotopic (exact) mass is 385 g/mol. The molecule has 0 amide bonds. The molecule has 3 aromatic rings. The van der Waals surface area contributed by atoms with E-state index in [2.05, 4.69) is 4.98 Å². The highest BCUT2D eigenvalue weighted by Crippen LogP contribution is 2.25. The molecule has 140 valence electrons. The molecule has 8 heteroatoms. The number of non-ortho nitro benzene ring substituents is 1. The van der Waals surface area contributed by atoms with Crippen LogP contribution in [-0.4, -0.2) is 28.2 Å². The summed E-state index contributed by atoms with van der Waals surface area (Å²) in [6.45, 7) is 2.31. The fourth-order valence-corrected chi connectivity index (χ4v) is 3.85. The molecule has 0 fully saturated rings. The van der Waals surface area contributed by atoms with Crippen LogP contribution in [0.2, 0.25) is 0 Å². The van der Waals surface area contributed by atoms with Crippen molar-refractivity contribution in [3.05, 3.63) is 74.6 Å². The minimum atomic E-state index is -0.425. The number of aromatic nitrogens is 2. The average molecular weight is 385 g/mol. The maximum Gasteiger partial charge on any atom is 0.269 e. The lowest BCUT2D eigenvalue weighted by Gasteiger charge is -2.18. The van der Waals surface area contributed by atoms with E-state index >= 15 is 0 Å². The van der Waals surface area contributed by atoms with Gasteiger partial charge in [0.25, 0.3) is 11.2 Å². The van der Waals surface area contributed by atoms with Crippen molar-refractivity contribution in [2.24, 2.45) is 0 Å². The molecular formula is C19H19N3O4S. The number of thioether (sulfide) groups is 1. The van der Waals surface area contributed by atoms with Crippen molar-refractivity contribution < 1.29 is 9.66 Å². The maximum absolute atomic E-state index is 13.0. The molecule has 0 aliphatic rings. The lowest BCUT2D eigenvalue weighted by atomic mass is 10.2. The van der Waals surface area contributed by atoms with Gasteiger partial charge in [-0.2, -0.15) is 0 Å². The lowest BCUT2D eigenvalue weighted by Crippen LogP contribution is -2.28. The number of hydrogen-bond acceptors (Lipinski definition) is 6. The van der Waals surface area contributed by atoms with Gasteiger partial charge in [-0.1, -0.05) is 36.0 Å². The van der Waals surface area contributed by atoms with Crippen LogP contribution in [-0.2, 0) is 10.5 Å². The highest BCUT2D eigenvalue weighted by molar-refractivity contribution is 7.98. The van der Waals surface area contributed by atoms with Crippen LogP contribution in [0.3, 0.4) is 0 Å². The molecule has 1 atom stereocenters. The zero-order chi connectivity index (χ0) is 19.4. The molecule has 0 radical (unpaired) electrons. The Balaban J connectivity index is 1.95. The van der Waals surface area contributed by atoms with Crippen molar-refractivity contribution >= 4 is 28.4 Å². The number of rotatable bonds is 7. The molecule has 0 saturated heterocycles. The first kappa shape index (κ1) is 19.1. The minimum absolute atomic E-state index is 0.0539. The summed E-state index contributed by atoms with van der Waals surface area (Å²) in [5, 5.41) is 11.9. The first-order chi connectivity index (χ1) is 13.0. The van der Waals surface area contributed by atoms with Gasteiger partial charge in [0.05, 0.1) is 28.5 Å².